The molecule has 0 N–H and O–H groups in total. The van der Waals surface area contributed by atoms with Gasteiger partial charge in [0.05, 0.1) is 22.7 Å². The van der Waals surface area contributed by atoms with Gasteiger partial charge in [-0.3, -0.25) is 9.36 Å². The predicted octanol–water partition coefficient (Wildman–Crippen LogP) is 4.36. The molecular formula is C21H22N2O2S. The Labute approximate surface area is 157 Å². The molecule has 4 rings (SSSR count). The van der Waals surface area contributed by atoms with Crippen LogP contribution in [0.25, 0.3) is 16.6 Å². The second-order valence-corrected chi connectivity index (χ2v) is 7.68. The van der Waals surface area contributed by atoms with Crippen LogP contribution in [0.4, 0.5) is 0 Å². The van der Waals surface area contributed by atoms with Crippen molar-refractivity contribution in [2.75, 3.05) is 12.4 Å². The first kappa shape index (κ1) is 17.3. The average molecular weight is 366 g/mol. The molecule has 1 aliphatic rings. The number of aromatic nitrogens is 2. The lowest BCUT2D eigenvalue weighted by atomic mass is 10.1. The van der Waals surface area contributed by atoms with E-state index in [1.165, 1.54) is 6.42 Å². The van der Waals surface area contributed by atoms with Crippen molar-refractivity contribution in [1.82, 2.24) is 9.55 Å². The molecule has 0 radical (unpaired) electrons. The van der Waals surface area contributed by atoms with Gasteiger partial charge in [-0.15, -0.1) is 0 Å². The molecule has 2 aromatic carbocycles. The molecule has 5 heteroatoms. The summed E-state index contributed by atoms with van der Waals surface area (Å²) in [7, 11) is 0. The van der Waals surface area contributed by atoms with E-state index in [1.807, 2.05) is 55.5 Å². The fourth-order valence-electron chi connectivity index (χ4n) is 3.31. The number of hydrogen-bond donors (Lipinski definition) is 0. The van der Waals surface area contributed by atoms with Gasteiger partial charge in [-0.1, -0.05) is 36.0 Å². The summed E-state index contributed by atoms with van der Waals surface area (Å²) in [4.78, 5) is 18.0. The monoisotopic (exact) mass is 366 g/mol. The molecule has 1 aliphatic heterocycles. The number of benzene rings is 2. The molecule has 2 heterocycles. The SMILES string of the molecule is Cc1cccc(-n2c(SC[C@H]3CCCCO3)nc3ccccc3c2=O)c1. The Morgan fingerprint density at radius 2 is 2.08 bits per heavy atom. The minimum atomic E-state index is -0.0201. The number of aryl methyl sites for hydroxylation is 1. The lowest BCUT2D eigenvalue weighted by Crippen LogP contribution is -2.24. The van der Waals surface area contributed by atoms with Crippen LogP contribution in [0.3, 0.4) is 0 Å². The molecule has 1 fully saturated rings. The van der Waals surface area contributed by atoms with Gasteiger partial charge >= 0.3 is 0 Å². The topological polar surface area (TPSA) is 44.1 Å². The van der Waals surface area contributed by atoms with Crippen LogP contribution in [0.15, 0.2) is 58.5 Å². The van der Waals surface area contributed by atoms with Gasteiger partial charge in [0.2, 0.25) is 0 Å². The lowest BCUT2D eigenvalue weighted by molar-refractivity contribution is 0.0315. The number of fused-ring (bicyclic) bond motifs is 1. The molecule has 1 atom stereocenters. The third-order valence-electron chi connectivity index (χ3n) is 4.68. The number of ether oxygens (including phenoxy) is 1. The van der Waals surface area contributed by atoms with Crippen LogP contribution in [-0.2, 0) is 4.74 Å². The summed E-state index contributed by atoms with van der Waals surface area (Å²) >= 11 is 1.61. The quantitative estimate of drug-likeness (QED) is 0.508. The van der Waals surface area contributed by atoms with Crippen LogP contribution in [-0.4, -0.2) is 28.0 Å². The van der Waals surface area contributed by atoms with Crippen LogP contribution in [0.2, 0.25) is 0 Å². The Hall–Kier alpha value is -2.11. The fraction of sp³-hybridized carbons (Fsp3) is 0.333. The molecule has 0 unspecified atom stereocenters. The van der Waals surface area contributed by atoms with Gasteiger partial charge in [0.25, 0.3) is 5.56 Å². The van der Waals surface area contributed by atoms with E-state index in [0.29, 0.717) is 5.39 Å². The van der Waals surface area contributed by atoms with E-state index in [1.54, 1.807) is 16.3 Å². The molecule has 0 amide bonds. The maximum absolute atomic E-state index is 13.2. The highest BCUT2D eigenvalue weighted by atomic mass is 32.2. The van der Waals surface area contributed by atoms with Crippen LogP contribution in [0.1, 0.15) is 24.8 Å². The molecule has 0 bridgehead atoms. The van der Waals surface area contributed by atoms with Crippen LogP contribution >= 0.6 is 11.8 Å². The molecule has 1 saturated heterocycles. The smallest absolute Gasteiger partial charge is 0.266 e. The van der Waals surface area contributed by atoms with Gasteiger partial charge in [0, 0.05) is 12.4 Å². The summed E-state index contributed by atoms with van der Waals surface area (Å²) in [6.07, 6.45) is 3.67. The molecular weight excluding hydrogens is 344 g/mol. The second kappa shape index (κ2) is 7.64. The number of rotatable bonds is 4. The van der Waals surface area contributed by atoms with Gasteiger partial charge in [-0.2, -0.15) is 0 Å². The minimum Gasteiger partial charge on any atom is -0.377 e. The largest absolute Gasteiger partial charge is 0.377 e. The summed E-state index contributed by atoms with van der Waals surface area (Å²) in [5.41, 5.74) is 2.70. The van der Waals surface area contributed by atoms with Gasteiger partial charge in [0.15, 0.2) is 5.16 Å². The Bertz CT molecular complexity index is 977. The Kier molecular flexibility index (Phi) is 5.09. The van der Waals surface area contributed by atoms with Gasteiger partial charge in [-0.25, -0.2) is 4.98 Å². The summed E-state index contributed by atoms with van der Waals surface area (Å²) in [6.45, 7) is 2.87. The maximum Gasteiger partial charge on any atom is 0.266 e. The first-order chi connectivity index (χ1) is 12.7. The summed E-state index contributed by atoms with van der Waals surface area (Å²) < 4.78 is 7.59. The normalized spacial score (nSPS) is 17.5. The van der Waals surface area contributed by atoms with Crippen molar-refractivity contribution in [3.8, 4) is 5.69 Å². The second-order valence-electron chi connectivity index (χ2n) is 6.69. The first-order valence-corrected chi connectivity index (χ1v) is 10.0. The number of thioether (sulfide) groups is 1. The van der Waals surface area contributed by atoms with E-state index in [4.69, 9.17) is 9.72 Å². The minimum absolute atomic E-state index is 0.0201. The maximum atomic E-state index is 13.2. The average Bonchev–Trinajstić information content (AvgIpc) is 2.67. The Morgan fingerprint density at radius 3 is 2.88 bits per heavy atom. The highest BCUT2D eigenvalue weighted by Crippen LogP contribution is 2.25. The number of para-hydroxylation sites is 1. The molecule has 0 aliphatic carbocycles. The standard InChI is InChI=1S/C21H22N2O2S/c1-15-7-6-8-16(13-15)23-20(24)18-10-2-3-11-19(18)22-21(23)26-14-17-9-4-5-12-25-17/h2-3,6-8,10-11,13,17H,4-5,9,12,14H2,1H3/t17-/m1/s1. The van der Waals surface area contributed by atoms with Crippen LogP contribution in [0, 0.1) is 6.92 Å². The van der Waals surface area contributed by atoms with E-state index in [2.05, 4.69) is 0 Å². The summed E-state index contributed by atoms with van der Waals surface area (Å²) in [5.74, 6) is 0.816. The van der Waals surface area contributed by atoms with Gasteiger partial charge < -0.3 is 4.74 Å². The molecule has 0 spiro atoms. The predicted molar refractivity (Wildman–Crippen MR) is 106 cm³/mol. The zero-order valence-corrected chi connectivity index (χ0v) is 15.7. The molecule has 134 valence electrons. The van der Waals surface area contributed by atoms with Crippen molar-refractivity contribution >= 4 is 22.7 Å². The van der Waals surface area contributed by atoms with E-state index >= 15 is 0 Å². The molecule has 0 saturated carbocycles. The van der Waals surface area contributed by atoms with Gasteiger partial charge in [-0.05, 0) is 56.0 Å². The Balaban J connectivity index is 1.78. The number of hydrogen-bond acceptors (Lipinski definition) is 4. The van der Waals surface area contributed by atoms with Gasteiger partial charge in [0.1, 0.15) is 0 Å². The highest BCUT2D eigenvalue weighted by Gasteiger charge is 2.18. The molecule has 3 aromatic rings. The third-order valence-corrected chi connectivity index (χ3v) is 5.75. The Morgan fingerprint density at radius 1 is 1.19 bits per heavy atom. The van der Waals surface area contributed by atoms with Crippen LogP contribution in [0.5, 0.6) is 0 Å². The third kappa shape index (κ3) is 3.55. The van der Waals surface area contributed by atoms with E-state index in [9.17, 15) is 4.79 Å². The van der Waals surface area contributed by atoms with Crippen molar-refractivity contribution in [2.24, 2.45) is 0 Å². The lowest BCUT2D eigenvalue weighted by Gasteiger charge is -2.22. The molecule has 1 aromatic heterocycles. The molecule has 26 heavy (non-hydrogen) atoms. The molecule has 4 nitrogen and oxygen atoms in total. The van der Waals surface area contributed by atoms with E-state index < -0.39 is 0 Å². The zero-order valence-electron chi connectivity index (χ0n) is 14.9. The van der Waals surface area contributed by atoms with Crippen molar-refractivity contribution in [3.63, 3.8) is 0 Å². The number of nitrogens with zero attached hydrogens (tertiary/aromatic N) is 2. The van der Waals surface area contributed by atoms with E-state index in [0.717, 1.165) is 47.1 Å². The summed E-state index contributed by atoms with van der Waals surface area (Å²) in [5, 5.41) is 1.38. The van der Waals surface area contributed by atoms with Crippen molar-refractivity contribution in [3.05, 3.63) is 64.4 Å². The van der Waals surface area contributed by atoms with Crippen LogP contribution < -0.4 is 5.56 Å². The van der Waals surface area contributed by atoms with Crippen molar-refractivity contribution < 1.29 is 4.74 Å². The zero-order chi connectivity index (χ0) is 17.9. The summed E-state index contributed by atoms with van der Waals surface area (Å²) in [6, 6.07) is 15.6. The van der Waals surface area contributed by atoms with E-state index in [-0.39, 0.29) is 11.7 Å². The highest BCUT2D eigenvalue weighted by molar-refractivity contribution is 7.99. The fourth-order valence-corrected chi connectivity index (χ4v) is 4.39. The van der Waals surface area contributed by atoms with Crippen molar-refractivity contribution in [1.29, 1.82) is 0 Å². The first-order valence-electron chi connectivity index (χ1n) is 9.05. The van der Waals surface area contributed by atoms with Crippen molar-refractivity contribution in [2.45, 2.75) is 37.4 Å².